The quantitative estimate of drug-likeness (QED) is 0.909. The molecule has 1 unspecified atom stereocenters. The molecule has 1 atom stereocenters. The van der Waals surface area contributed by atoms with Crippen LogP contribution in [0.15, 0.2) is 0 Å². The van der Waals surface area contributed by atoms with Crippen LogP contribution in [-0.2, 0) is 6.54 Å². The molecule has 0 amide bonds. The van der Waals surface area contributed by atoms with E-state index in [1.54, 1.807) is 0 Å². The van der Waals surface area contributed by atoms with E-state index in [9.17, 15) is 0 Å². The third-order valence-corrected chi connectivity index (χ3v) is 5.36. The molecule has 5 heteroatoms. The molecule has 2 bridgehead atoms. The molecule has 3 aliphatic rings. The van der Waals surface area contributed by atoms with Gasteiger partial charge in [-0.05, 0) is 13.0 Å². The molecule has 0 spiro atoms. The number of nitrogens with one attached hydrogen (secondary N) is 1. The van der Waals surface area contributed by atoms with Gasteiger partial charge in [0.2, 0.25) is 0 Å². The first-order valence-electron chi connectivity index (χ1n) is 7.29. The van der Waals surface area contributed by atoms with Gasteiger partial charge in [-0.3, -0.25) is 9.80 Å². The number of piperazine rings is 3. The van der Waals surface area contributed by atoms with E-state index in [0.717, 1.165) is 6.54 Å². The fraction of sp³-hybridized carbons (Fsp3) is 0.786. The van der Waals surface area contributed by atoms with E-state index in [2.05, 4.69) is 29.0 Å². The third kappa shape index (κ3) is 2.57. The van der Waals surface area contributed by atoms with E-state index >= 15 is 0 Å². The van der Waals surface area contributed by atoms with Crippen LogP contribution in [0.1, 0.15) is 41.4 Å². The molecule has 3 aliphatic heterocycles. The molecule has 0 aliphatic carbocycles. The van der Waals surface area contributed by atoms with Gasteiger partial charge in [0.15, 0.2) is 0 Å². The maximum absolute atomic E-state index is 4.98. The molecule has 0 aromatic carbocycles. The summed E-state index contributed by atoms with van der Waals surface area (Å²) >= 11 is 1.92. The Morgan fingerprint density at radius 2 is 2.05 bits per heavy atom. The van der Waals surface area contributed by atoms with Crippen LogP contribution in [0.25, 0.3) is 0 Å². The summed E-state index contributed by atoms with van der Waals surface area (Å²) in [6.07, 6.45) is 0. The second kappa shape index (κ2) is 5.48. The Kier molecular flexibility index (Phi) is 3.89. The lowest BCUT2D eigenvalue weighted by Crippen LogP contribution is -2.56. The van der Waals surface area contributed by atoms with Crippen LogP contribution in [-0.4, -0.2) is 54.6 Å². The molecular formula is C14H24N4S. The van der Waals surface area contributed by atoms with Crippen LogP contribution in [0, 0.1) is 0 Å². The monoisotopic (exact) mass is 280 g/mol. The standard InChI is InChI=1S/C14H24N4S/c1-10(2)13-12(8-15-3)19-14(16-13)11-9-17-4-6-18(11)7-5-17/h10-11,15H,4-9H2,1-3H3. The predicted molar refractivity (Wildman–Crippen MR) is 79.7 cm³/mol. The summed E-state index contributed by atoms with van der Waals surface area (Å²) in [6.45, 7) is 11.5. The van der Waals surface area contributed by atoms with E-state index in [1.807, 2.05) is 18.4 Å². The average Bonchev–Trinajstić information content (AvgIpc) is 2.84. The molecule has 1 aromatic heterocycles. The number of thiazole rings is 1. The number of aromatic nitrogens is 1. The fourth-order valence-electron chi connectivity index (χ4n) is 3.12. The number of rotatable bonds is 4. The highest BCUT2D eigenvalue weighted by atomic mass is 32.1. The van der Waals surface area contributed by atoms with Crippen molar-refractivity contribution in [3.8, 4) is 0 Å². The largest absolute Gasteiger partial charge is 0.315 e. The smallest absolute Gasteiger partial charge is 0.112 e. The van der Waals surface area contributed by atoms with Crippen molar-refractivity contribution in [2.75, 3.05) is 39.8 Å². The molecule has 4 nitrogen and oxygen atoms in total. The zero-order chi connectivity index (χ0) is 13.4. The Morgan fingerprint density at radius 1 is 1.32 bits per heavy atom. The van der Waals surface area contributed by atoms with E-state index in [1.165, 1.54) is 48.3 Å². The van der Waals surface area contributed by atoms with Gasteiger partial charge in [0.25, 0.3) is 0 Å². The number of hydrogen-bond acceptors (Lipinski definition) is 5. The van der Waals surface area contributed by atoms with Crippen molar-refractivity contribution in [1.29, 1.82) is 0 Å². The molecular weight excluding hydrogens is 256 g/mol. The van der Waals surface area contributed by atoms with Gasteiger partial charge in [-0.2, -0.15) is 0 Å². The van der Waals surface area contributed by atoms with Crippen molar-refractivity contribution in [2.45, 2.75) is 32.4 Å². The average molecular weight is 280 g/mol. The highest BCUT2D eigenvalue weighted by Crippen LogP contribution is 2.34. The van der Waals surface area contributed by atoms with Gasteiger partial charge in [-0.15, -0.1) is 11.3 Å². The van der Waals surface area contributed by atoms with Crippen LogP contribution >= 0.6 is 11.3 Å². The second-order valence-corrected chi connectivity index (χ2v) is 7.01. The predicted octanol–water partition coefficient (Wildman–Crippen LogP) is 1.66. The van der Waals surface area contributed by atoms with Crippen molar-refractivity contribution in [3.63, 3.8) is 0 Å². The van der Waals surface area contributed by atoms with Gasteiger partial charge in [-0.1, -0.05) is 13.8 Å². The van der Waals surface area contributed by atoms with E-state index in [0.29, 0.717) is 12.0 Å². The van der Waals surface area contributed by atoms with Crippen molar-refractivity contribution in [2.24, 2.45) is 0 Å². The number of hydrogen-bond donors (Lipinski definition) is 1. The molecule has 4 heterocycles. The molecule has 0 radical (unpaired) electrons. The van der Waals surface area contributed by atoms with Crippen LogP contribution in [0.2, 0.25) is 0 Å². The van der Waals surface area contributed by atoms with Gasteiger partial charge in [0.05, 0.1) is 11.7 Å². The van der Waals surface area contributed by atoms with E-state index in [4.69, 9.17) is 4.98 Å². The first-order chi connectivity index (χ1) is 9.19. The van der Waals surface area contributed by atoms with Gasteiger partial charge < -0.3 is 5.32 Å². The van der Waals surface area contributed by atoms with E-state index in [-0.39, 0.29) is 0 Å². The minimum atomic E-state index is 0.518. The number of nitrogens with zero attached hydrogens (tertiary/aromatic N) is 3. The Balaban J connectivity index is 1.86. The minimum absolute atomic E-state index is 0.518. The summed E-state index contributed by atoms with van der Waals surface area (Å²) in [7, 11) is 2.02. The highest BCUT2D eigenvalue weighted by molar-refractivity contribution is 7.11. The van der Waals surface area contributed by atoms with Crippen LogP contribution in [0.4, 0.5) is 0 Å². The molecule has 4 rings (SSSR count). The maximum Gasteiger partial charge on any atom is 0.112 e. The minimum Gasteiger partial charge on any atom is -0.315 e. The summed E-state index contributed by atoms with van der Waals surface area (Å²) in [4.78, 5) is 11.6. The Labute approximate surface area is 119 Å². The molecule has 1 aromatic rings. The van der Waals surface area contributed by atoms with Crippen molar-refractivity contribution in [1.82, 2.24) is 20.1 Å². The zero-order valence-electron chi connectivity index (χ0n) is 12.1. The van der Waals surface area contributed by atoms with Crippen molar-refractivity contribution in [3.05, 3.63) is 15.6 Å². The fourth-order valence-corrected chi connectivity index (χ4v) is 4.47. The Hall–Kier alpha value is -0.490. The molecule has 3 fully saturated rings. The number of fused-ring (bicyclic) bond motifs is 3. The SMILES string of the molecule is CNCc1sc(C2CN3CCN2CC3)nc1C(C)C. The second-order valence-electron chi connectivity index (χ2n) is 5.90. The van der Waals surface area contributed by atoms with Gasteiger partial charge in [0.1, 0.15) is 5.01 Å². The van der Waals surface area contributed by atoms with Crippen molar-refractivity contribution < 1.29 is 0 Å². The molecule has 19 heavy (non-hydrogen) atoms. The first kappa shape index (κ1) is 13.5. The van der Waals surface area contributed by atoms with E-state index < -0.39 is 0 Å². The van der Waals surface area contributed by atoms with Gasteiger partial charge in [-0.25, -0.2) is 4.98 Å². The molecule has 0 saturated carbocycles. The first-order valence-corrected chi connectivity index (χ1v) is 8.11. The van der Waals surface area contributed by atoms with Crippen LogP contribution in [0.5, 0.6) is 0 Å². The lowest BCUT2D eigenvalue weighted by atomic mass is 10.1. The lowest BCUT2D eigenvalue weighted by molar-refractivity contribution is 0.0122. The third-order valence-electron chi connectivity index (χ3n) is 4.19. The van der Waals surface area contributed by atoms with Gasteiger partial charge >= 0.3 is 0 Å². The van der Waals surface area contributed by atoms with Crippen molar-refractivity contribution >= 4 is 11.3 Å². The normalized spacial score (nSPS) is 30.2. The summed E-state index contributed by atoms with van der Waals surface area (Å²) in [5.41, 5.74) is 1.30. The summed E-state index contributed by atoms with van der Waals surface area (Å²) in [6, 6.07) is 0.538. The lowest BCUT2D eigenvalue weighted by Gasteiger charge is -2.46. The van der Waals surface area contributed by atoms with Crippen LogP contribution < -0.4 is 5.32 Å². The summed E-state index contributed by atoms with van der Waals surface area (Å²) in [5, 5.41) is 4.61. The molecule has 106 valence electrons. The summed E-state index contributed by atoms with van der Waals surface area (Å²) < 4.78 is 0. The highest BCUT2D eigenvalue weighted by Gasteiger charge is 2.35. The molecule has 1 N–H and O–H groups in total. The maximum atomic E-state index is 4.98. The van der Waals surface area contributed by atoms with Crippen LogP contribution in [0.3, 0.4) is 0 Å². The Morgan fingerprint density at radius 3 is 2.58 bits per heavy atom. The zero-order valence-corrected chi connectivity index (χ0v) is 13.0. The van der Waals surface area contributed by atoms with Gasteiger partial charge in [0, 0.05) is 44.1 Å². The topological polar surface area (TPSA) is 31.4 Å². The Bertz CT molecular complexity index is 435. The molecule has 3 saturated heterocycles. The summed E-state index contributed by atoms with van der Waals surface area (Å²) in [5.74, 6) is 0.518.